The van der Waals surface area contributed by atoms with Gasteiger partial charge in [0.1, 0.15) is 0 Å². The molecule has 0 aliphatic carbocycles. The molecular weight excluding hydrogens is 204 g/mol. The van der Waals surface area contributed by atoms with E-state index >= 15 is 0 Å². The van der Waals surface area contributed by atoms with Gasteiger partial charge in [0.25, 0.3) is 0 Å². The molecule has 0 bridgehead atoms. The van der Waals surface area contributed by atoms with Crippen LogP contribution in [0.2, 0.25) is 0 Å². The molecule has 0 amide bonds. The van der Waals surface area contributed by atoms with Crippen LogP contribution in [0.4, 0.5) is 5.00 Å². The van der Waals surface area contributed by atoms with Crippen LogP contribution in [0, 0.1) is 0 Å². The highest BCUT2D eigenvalue weighted by Gasteiger charge is 2.03. The summed E-state index contributed by atoms with van der Waals surface area (Å²) in [5.41, 5.74) is 5.70. The van der Waals surface area contributed by atoms with Crippen LogP contribution in [-0.2, 0) is 6.42 Å². The fourth-order valence-electron chi connectivity index (χ4n) is 1.03. The maximum Gasteiger partial charge on any atom is 0.0906 e. The van der Waals surface area contributed by atoms with Crippen LogP contribution >= 0.6 is 23.7 Å². The summed E-state index contributed by atoms with van der Waals surface area (Å²) in [6.07, 6.45) is 0.985. The molecule has 1 aromatic rings. The van der Waals surface area contributed by atoms with Crippen molar-refractivity contribution in [1.29, 1.82) is 0 Å². The number of anilines is 1. The Morgan fingerprint density at radius 3 is 2.46 bits per heavy atom. The summed E-state index contributed by atoms with van der Waals surface area (Å²) < 4.78 is 0. The highest BCUT2D eigenvalue weighted by atomic mass is 35.5. The lowest BCUT2D eigenvalue weighted by Crippen LogP contribution is -2.16. The standard InChI is InChI=1S/C9H16N2S.ClH/c1-7(10)6-8-4-5-9(12-8)11(2)3;/h4-5,7H,6,10H2,1-3H3;1H. The smallest absolute Gasteiger partial charge is 0.0906 e. The third-order valence-electron chi connectivity index (χ3n) is 1.61. The van der Waals surface area contributed by atoms with Crippen molar-refractivity contribution in [1.82, 2.24) is 0 Å². The first-order chi connectivity index (χ1) is 5.59. The van der Waals surface area contributed by atoms with Gasteiger partial charge in [0.15, 0.2) is 0 Å². The number of nitrogens with two attached hydrogens (primary N) is 1. The van der Waals surface area contributed by atoms with Crippen LogP contribution in [-0.4, -0.2) is 20.1 Å². The highest BCUT2D eigenvalue weighted by Crippen LogP contribution is 2.24. The fourth-order valence-corrected chi connectivity index (χ4v) is 2.10. The zero-order chi connectivity index (χ0) is 9.14. The van der Waals surface area contributed by atoms with Gasteiger partial charge >= 0.3 is 0 Å². The molecule has 0 spiro atoms. The molecule has 1 heterocycles. The summed E-state index contributed by atoms with van der Waals surface area (Å²) in [6, 6.07) is 4.56. The molecule has 76 valence electrons. The minimum absolute atomic E-state index is 0. The van der Waals surface area contributed by atoms with E-state index in [1.54, 1.807) is 0 Å². The van der Waals surface area contributed by atoms with E-state index in [0.29, 0.717) is 0 Å². The second-order valence-electron chi connectivity index (χ2n) is 3.32. The van der Waals surface area contributed by atoms with E-state index in [2.05, 4.69) is 31.1 Å². The zero-order valence-electron chi connectivity index (χ0n) is 8.28. The second kappa shape index (κ2) is 5.47. The first-order valence-corrected chi connectivity index (χ1v) is 4.93. The summed E-state index contributed by atoms with van der Waals surface area (Å²) in [5, 5.41) is 1.30. The molecular formula is C9H17ClN2S. The lowest BCUT2D eigenvalue weighted by Gasteiger charge is -2.07. The average Bonchev–Trinajstić information content (AvgIpc) is 2.34. The Kier molecular flexibility index (Phi) is 5.37. The molecule has 0 radical (unpaired) electrons. The molecule has 2 N–H and O–H groups in total. The van der Waals surface area contributed by atoms with E-state index in [0.717, 1.165) is 6.42 Å². The minimum Gasteiger partial charge on any atom is -0.370 e. The summed E-state index contributed by atoms with van der Waals surface area (Å²) in [4.78, 5) is 3.49. The molecule has 13 heavy (non-hydrogen) atoms. The molecule has 0 aromatic carbocycles. The Morgan fingerprint density at radius 2 is 2.08 bits per heavy atom. The van der Waals surface area contributed by atoms with Crippen molar-refractivity contribution in [3.63, 3.8) is 0 Å². The zero-order valence-corrected chi connectivity index (χ0v) is 9.91. The first-order valence-electron chi connectivity index (χ1n) is 4.11. The molecule has 0 aliphatic rings. The van der Waals surface area contributed by atoms with E-state index in [1.807, 2.05) is 18.3 Å². The molecule has 1 rings (SSSR count). The van der Waals surface area contributed by atoms with Gasteiger partial charge in [0, 0.05) is 25.0 Å². The SMILES string of the molecule is CC(N)Cc1ccc(N(C)C)s1.Cl. The first kappa shape index (κ1) is 12.8. The molecule has 0 saturated carbocycles. The van der Waals surface area contributed by atoms with Gasteiger partial charge in [-0.2, -0.15) is 0 Å². The molecule has 2 nitrogen and oxygen atoms in total. The van der Waals surface area contributed by atoms with Crippen molar-refractivity contribution in [2.75, 3.05) is 19.0 Å². The minimum atomic E-state index is 0. The lowest BCUT2D eigenvalue weighted by molar-refractivity contribution is 0.746. The number of hydrogen-bond donors (Lipinski definition) is 1. The summed E-state index contributed by atoms with van der Waals surface area (Å²) in [7, 11) is 4.11. The second-order valence-corrected chi connectivity index (χ2v) is 4.46. The number of hydrogen-bond acceptors (Lipinski definition) is 3. The van der Waals surface area contributed by atoms with Crippen LogP contribution in [0.15, 0.2) is 12.1 Å². The molecule has 4 heteroatoms. The molecule has 1 atom stereocenters. The average molecular weight is 221 g/mol. The van der Waals surface area contributed by atoms with Crippen LogP contribution in [0.5, 0.6) is 0 Å². The predicted molar refractivity (Wildman–Crippen MR) is 63.2 cm³/mol. The van der Waals surface area contributed by atoms with Gasteiger partial charge in [-0.05, 0) is 25.5 Å². The van der Waals surface area contributed by atoms with E-state index in [4.69, 9.17) is 5.73 Å². The van der Waals surface area contributed by atoms with E-state index < -0.39 is 0 Å². The van der Waals surface area contributed by atoms with Crippen molar-refractivity contribution in [3.05, 3.63) is 17.0 Å². The van der Waals surface area contributed by atoms with Gasteiger partial charge in [0.2, 0.25) is 0 Å². The van der Waals surface area contributed by atoms with Gasteiger partial charge in [-0.25, -0.2) is 0 Å². The molecule has 0 fully saturated rings. The van der Waals surface area contributed by atoms with E-state index in [1.165, 1.54) is 9.88 Å². The number of nitrogens with zero attached hydrogens (tertiary/aromatic N) is 1. The largest absolute Gasteiger partial charge is 0.370 e. The number of halogens is 1. The summed E-state index contributed by atoms with van der Waals surface area (Å²) >= 11 is 1.82. The molecule has 1 unspecified atom stereocenters. The van der Waals surface area contributed by atoms with Crippen molar-refractivity contribution in [2.45, 2.75) is 19.4 Å². The van der Waals surface area contributed by atoms with Crippen LogP contribution in [0.3, 0.4) is 0 Å². The van der Waals surface area contributed by atoms with Gasteiger partial charge in [-0.3, -0.25) is 0 Å². The van der Waals surface area contributed by atoms with Gasteiger partial charge in [-0.15, -0.1) is 23.7 Å². The van der Waals surface area contributed by atoms with Crippen LogP contribution in [0.25, 0.3) is 0 Å². The molecule has 0 saturated heterocycles. The van der Waals surface area contributed by atoms with Gasteiger partial charge < -0.3 is 10.6 Å². The third kappa shape index (κ3) is 3.98. The van der Waals surface area contributed by atoms with Crippen molar-refractivity contribution in [3.8, 4) is 0 Å². The summed E-state index contributed by atoms with van der Waals surface area (Å²) in [6.45, 7) is 2.04. The van der Waals surface area contributed by atoms with Crippen molar-refractivity contribution < 1.29 is 0 Å². The Morgan fingerprint density at radius 1 is 1.46 bits per heavy atom. The van der Waals surface area contributed by atoms with E-state index in [-0.39, 0.29) is 18.4 Å². The quantitative estimate of drug-likeness (QED) is 0.846. The van der Waals surface area contributed by atoms with Crippen LogP contribution in [0.1, 0.15) is 11.8 Å². The van der Waals surface area contributed by atoms with Gasteiger partial charge in [0.05, 0.1) is 5.00 Å². The Hall–Kier alpha value is -0.250. The maximum absolute atomic E-state index is 5.70. The third-order valence-corrected chi connectivity index (χ3v) is 2.89. The highest BCUT2D eigenvalue weighted by molar-refractivity contribution is 7.16. The molecule has 0 aliphatic heterocycles. The normalized spacial score (nSPS) is 12.0. The van der Waals surface area contributed by atoms with Gasteiger partial charge in [-0.1, -0.05) is 0 Å². The fraction of sp³-hybridized carbons (Fsp3) is 0.556. The van der Waals surface area contributed by atoms with Crippen molar-refractivity contribution >= 4 is 28.7 Å². The Bertz CT molecular complexity index is 246. The Labute approximate surface area is 90.1 Å². The number of rotatable bonds is 3. The Balaban J connectivity index is 0.00000144. The topological polar surface area (TPSA) is 29.3 Å². The predicted octanol–water partition coefficient (Wildman–Crippen LogP) is 2.13. The monoisotopic (exact) mass is 220 g/mol. The van der Waals surface area contributed by atoms with E-state index in [9.17, 15) is 0 Å². The molecule has 1 aromatic heterocycles. The lowest BCUT2D eigenvalue weighted by atomic mass is 10.2. The van der Waals surface area contributed by atoms with Crippen molar-refractivity contribution in [2.24, 2.45) is 5.73 Å². The number of thiophene rings is 1. The van der Waals surface area contributed by atoms with Crippen LogP contribution < -0.4 is 10.6 Å². The maximum atomic E-state index is 5.70. The summed E-state index contributed by atoms with van der Waals surface area (Å²) in [5.74, 6) is 0.